The van der Waals surface area contributed by atoms with Gasteiger partial charge in [-0.25, -0.2) is 14.6 Å². The van der Waals surface area contributed by atoms with Gasteiger partial charge in [0.1, 0.15) is 9.88 Å². The van der Waals surface area contributed by atoms with E-state index in [-0.39, 0.29) is 17.5 Å². The first kappa shape index (κ1) is 15.8. The Kier molecular flexibility index (Phi) is 4.82. The molecule has 1 aromatic rings. The normalized spacial score (nSPS) is 22.1. The summed E-state index contributed by atoms with van der Waals surface area (Å²) in [4.78, 5) is 29.3. The Morgan fingerprint density at radius 3 is 2.71 bits per heavy atom. The number of piperidine rings is 1. The van der Waals surface area contributed by atoms with E-state index >= 15 is 0 Å². The minimum atomic E-state index is -0.971. The fourth-order valence-electron chi connectivity index (χ4n) is 2.44. The molecule has 0 saturated carbocycles. The van der Waals surface area contributed by atoms with Gasteiger partial charge in [0.2, 0.25) is 0 Å². The van der Waals surface area contributed by atoms with Crippen LogP contribution in [0.3, 0.4) is 0 Å². The lowest BCUT2D eigenvalue weighted by Crippen LogP contribution is -2.46. The maximum atomic E-state index is 12.1. The number of carboxylic acids is 1. The summed E-state index contributed by atoms with van der Waals surface area (Å²) < 4.78 is 0. The van der Waals surface area contributed by atoms with Gasteiger partial charge in [-0.15, -0.1) is 11.3 Å². The number of carbonyl (C=O) groups is 2. The van der Waals surface area contributed by atoms with Crippen LogP contribution in [0.25, 0.3) is 0 Å². The van der Waals surface area contributed by atoms with Crippen molar-refractivity contribution in [2.24, 2.45) is 11.8 Å². The molecule has 0 radical (unpaired) electrons. The number of carbonyl (C=O) groups excluding carboxylic acids is 1. The van der Waals surface area contributed by atoms with Crippen molar-refractivity contribution in [3.8, 4) is 0 Å². The van der Waals surface area contributed by atoms with E-state index in [0.717, 1.165) is 30.8 Å². The third-order valence-electron chi connectivity index (χ3n) is 4.05. The summed E-state index contributed by atoms with van der Waals surface area (Å²) in [6.45, 7) is 7.86. The molecule has 0 aromatic carbocycles. The average Bonchev–Trinajstić information content (AvgIpc) is 2.80. The number of hydrogen-bond acceptors (Lipinski definition) is 4. The standard InChI is InChI=1S/C14H21N3O3S/c1-8-4-5-17(7-9(8)2)14(20)15-6-11-16-10(3)12(21-11)13(18)19/h8-9H,4-7H2,1-3H3,(H,15,20)(H,18,19). The molecule has 0 spiro atoms. The van der Waals surface area contributed by atoms with E-state index in [2.05, 4.69) is 24.1 Å². The van der Waals surface area contributed by atoms with Crippen molar-refractivity contribution in [2.75, 3.05) is 13.1 Å². The van der Waals surface area contributed by atoms with Gasteiger partial charge in [0, 0.05) is 13.1 Å². The van der Waals surface area contributed by atoms with Gasteiger partial charge in [-0.1, -0.05) is 13.8 Å². The van der Waals surface area contributed by atoms with Crippen molar-refractivity contribution < 1.29 is 14.7 Å². The zero-order valence-electron chi connectivity index (χ0n) is 12.5. The van der Waals surface area contributed by atoms with E-state index in [1.807, 2.05) is 4.90 Å². The molecule has 1 fully saturated rings. The molecule has 2 amide bonds. The summed E-state index contributed by atoms with van der Waals surface area (Å²) in [5.74, 6) is 0.181. The molecule has 0 aliphatic carbocycles. The molecular weight excluding hydrogens is 290 g/mol. The van der Waals surface area contributed by atoms with Crippen LogP contribution in [0.15, 0.2) is 0 Å². The Hall–Kier alpha value is -1.63. The lowest BCUT2D eigenvalue weighted by Gasteiger charge is -2.35. The number of aromatic carboxylic acids is 1. The molecular formula is C14H21N3O3S. The van der Waals surface area contributed by atoms with Gasteiger partial charge in [0.25, 0.3) is 0 Å². The van der Waals surface area contributed by atoms with Crippen LogP contribution in [0.4, 0.5) is 4.79 Å². The van der Waals surface area contributed by atoms with E-state index in [4.69, 9.17) is 5.11 Å². The molecule has 1 aromatic heterocycles. The predicted molar refractivity (Wildman–Crippen MR) is 80.6 cm³/mol. The summed E-state index contributed by atoms with van der Waals surface area (Å²) in [5, 5.41) is 12.4. The first-order valence-corrected chi connectivity index (χ1v) is 7.92. The molecule has 7 heteroatoms. The van der Waals surface area contributed by atoms with Crippen LogP contribution in [-0.4, -0.2) is 40.1 Å². The third-order valence-corrected chi connectivity index (χ3v) is 5.19. The van der Waals surface area contributed by atoms with Crippen LogP contribution in [0.5, 0.6) is 0 Å². The Morgan fingerprint density at radius 2 is 2.14 bits per heavy atom. The van der Waals surface area contributed by atoms with Gasteiger partial charge < -0.3 is 15.3 Å². The zero-order chi connectivity index (χ0) is 15.6. The highest BCUT2D eigenvalue weighted by Crippen LogP contribution is 2.22. The Bertz CT molecular complexity index is 544. The lowest BCUT2D eigenvalue weighted by molar-refractivity contribution is 0.0701. The zero-order valence-corrected chi connectivity index (χ0v) is 13.4. The summed E-state index contributed by atoms with van der Waals surface area (Å²) in [6.07, 6.45) is 1.02. The van der Waals surface area contributed by atoms with E-state index in [1.54, 1.807) is 6.92 Å². The Morgan fingerprint density at radius 1 is 1.43 bits per heavy atom. The van der Waals surface area contributed by atoms with E-state index in [0.29, 0.717) is 22.5 Å². The number of urea groups is 1. The maximum Gasteiger partial charge on any atom is 0.347 e. The van der Waals surface area contributed by atoms with E-state index in [9.17, 15) is 9.59 Å². The molecule has 2 heterocycles. The summed E-state index contributed by atoms with van der Waals surface area (Å²) in [6, 6.07) is -0.0986. The second kappa shape index (κ2) is 6.43. The molecule has 1 aliphatic rings. The molecule has 0 bridgehead atoms. The number of hydrogen-bond donors (Lipinski definition) is 2. The minimum Gasteiger partial charge on any atom is -0.477 e. The van der Waals surface area contributed by atoms with Crippen molar-refractivity contribution in [1.82, 2.24) is 15.2 Å². The number of carboxylic acid groups (broad SMARTS) is 1. The maximum absolute atomic E-state index is 12.1. The fraction of sp³-hybridized carbons (Fsp3) is 0.643. The molecule has 1 aliphatic heterocycles. The number of likely N-dealkylation sites (tertiary alicyclic amines) is 1. The number of thiazole rings is 1. The number of nitrogens with one attached hydrogen (secondary N) is 1. The smallest absolute Gasteiger partial charge is 0.347 e. The first-order valence-electron chi connectivity index (χ1n) is 7.11. The van der Waals surface area contributed by atoms with E-state index < -0.39 is 5.97 Å². The topological polar surface area (TPSA) is 82.5 Å². The molecule has 2 rings (SSSR count). The number of aromatic nitrogens is 1. The lowest BCUT2D eigenvalue weighted by atomic mass is 9.89. The summed E-state index contributed by atoms with van der Waals surface area (Å²) >= 11 is 1.11. The summed E-state index contributed by atoms with van der Waals surface area (Å²) in [7, 11) is 0. The van der Waals surface area contributed by atoms with Crippen molar-refractivity contribution in [1.29, 1.82) is 0 Å². The highest BCUT2D eigenvalue weighted by Gasteiger charge is 2.25. The summed E-state index contributed by atoms with van der Waals surface area (Å²) in [5.41, 5.74) is 0.497. The molecule has 2 N–H and O–H groups in total. The fourth-order valence-corrected chi connectivity index (χ4v) is 3.28. The van der Waals surface area contributed by atoms with Gasteiger partial charge in [-0.2, -0.15) is 0 Å². The van der Waals surface area contributed by atoms with Crippen LogP contribution in [0.2, 0.25) is 0 Å². The van der Waals surface area contributed by atoms with Gasteiger partial charge in [-0.3, -0.25) is 0 Å². The molecule has 6 nitrogen and oxygen atoms in total. The molecule has 2 atom stereocenters. The van der Waals surface area contributed by atoms with Gasteiger partial charge >= 0.3 is 12.0 Å². The largest absolute Gasteiger partial charge is 0.477 e. The van der Waals surface area contributed by atoms with Crippen molar-refractivity contribution >= 4 is 23.3 Å². The molecule has 2 unspecified atom stereocenters. The highest BCUT2D eigenvalue weighted by molar-refractivity contribution is 7.13. The Labute approximate surface area is 128 Å². The molecule has 116 valence electrons. The third kappa shape index (κ3) is 3.72. The van der Waals surface area contributed by atoms with Crippen LogP contribution < -0.4 is 5.32 Å². The van der Waals surface area contributed by atoms with Gasteiger partial charge in [0.15, 0.2) is 0 Å². The van der Waals surface area contributed by atoms with Crippen molar-refractivity contribution in [3.05, 3.63) is 15.6 Å². The van der Waals surface area contributed by atoms with Crippen molar-refractivity contribution in [3.63, 3.8) is 0 Å². The minimum absolute atomic E-state index is 0.0986. The number of amides is 2. The second-order valence-electron chi connectivity index (χ2n) is 5.68. The van der Waals surface area contributed by atoms with Gasteiger partial charge in [0.05, 0.1) is 12.2 Å². The van der Waals surface area contributed by atoms with Crippen LogP contribution in [0, 0.1) is 18.8 Å². The SMILES string of the molecule is Cc1nc(CNC(=O)N2CCC(C)C(C)C2)sc1C(=O)O. The molecule has 21 heavy (non-hydrogen) atoms. The predicted octanol–water partition coefficient (Wildman–Crippen LogP) is 2.34. The highest BCUT2D eigenvalue weighted by atomic mass is 32.1. The van der Waals surface area contributed by atoms with Crippen molar-refractivity contribution in [2.45, 2.75) is 33.7 Å². The van der Waals surface area contributed by atoms with Crippen LogP contribution in [-0.2, 0) is 6.54 Å². The molecule has 1 saturated heterocycles. The first-order chi connectivity index (χ1) is 9.88. The average molecular weight is 311 g/mol. The van der Waals surface area contributed by atoms with Crippen LogP contribution >= 0.6 is 11.3 Å². The number of nitrogens with zero attached hydrogens (tertiary/aromatic N) is 2. The van der Waals surface area contributed by atoms with Gasteiger partial charge in [-0.05, 0) is 25.2 Å². The monoisotopic (exact) mass is 311 g/mol. The second-order valence-corrected chi connectivity index (χ2v) is 6.76. The number of aryl methyl sites for hydroxylation is 1. The Balaban J connectivity index is 1.89. The number of rotatable bonds is 3. The van der Waals surface area contributed by atoms with E-state index in [1.165, 1.54) is 0 Å². The quantitative estimate of drug-likeness (QED) is 0.897. The van der Waals surface area contributed by atoms with Crippen LogP contribution in [0.1, 0.15) is 40.6 Å².